The van der Waals surface area contributed by atoms with E-state index in [0.29, 0.717) is 0 Å². The number of aromatic nitrogens is 2. The molecule has 0 bridgehead atoms. The van der Waals surface area contributed by atoms with Gasteiger partial charge in [0.15, 0.2) is 5.96 Å². The van der Waals surface area contributed by atoms with Crippen LogP contribution in [0.5, 0.6) is 0 Å². The van der Waals surface area contributed by atoms with E-state index in [2.05, 4.69) is 31.0 Å². The number of rotatable bonds is 6. The van der Waals surface area contributed by atoms with E-state index in [0.717, 1.165) is 48.3 Å². The van der Waals surface area contributed by atoms with Crippen molar-refractivity contribution in [3.63, 3.8) is 0 Å². The first-order valence-corrected chi connectivity index (χ1v) is 9.06. The molecule has 2 aromatic rings. The van der Waals surface area contributed by atoms with E-state index < -0.39 is 0 Å². The Hall–Kier alpha value is -1.47. The topological polar surface area (TPSA) is 62.2 Å². The lowest BCUT2D eigenvalue weighted by Gasteiger charge is -2.11. The summed E-state index contributed by atoms with van der Waals surface area (Å²) >= 11 is 3.47. The highest BCUT2D eigenvalue weighted by Crippen LogP contribution is 2.16. The zero-order valence-corrected chi connectivity index (χ0v) is 15.2. The molecular weight excluding hydrogens is 314 g/mol. The van der Waals surface area contributed by atoms with Crippen molar-refractivity contribution in [2.75, 3.05) is 13.6 Å². The number of hydrogen-bond donors (Lipinski definition) is 2. The highest BCUT2D eigenvalue weighted by atomic mass is 32.1. The normalized spacial score (nSPS) is 11.7. The summed E-state index contributed by atoms with van der Waals surface area (Å²) in [6.07, 6.45) is 2.06. The lowest BCUT2D eigenvalue weighted by Crippen LogP contribution is -2.37. The number of aryl methyl sites for hydroxylation is 4. The van der Waals surface area contributed by atoms with Crippen LogP contribution in [0.2, 0.25) is 0 Å². The fraction of sp³-hybridized carbons (Fsp3) is 0.533. The molecule has 0 amide bonds. The van der Waals surface area contributed by atoms with Gasteiger partial charge in [-0.3, -0.25) is 4.99 Å². The predicted octanol–water partition coefficient (Wildman–Crippen LogP) is 2.82. The highest BCUT2D eigenvalue weighted by molar-refractivity contribution is 7.11. The van der Waals surface area contributed by atoms with Crippen LogP contribution in [0.3, 0.4) is 0 Å². The van der Waals surface area contributed by atoms with Gasteiger partial charge in [-0.1, -0.05) is 0 Å². The van der Waals surface area contributed by atoms with Crippen molar-refractivity contribution in [3.05, 3.63) is 31.7 Å². The van der Waals surface area contributed by atoms with Crippen LogP contribution in [0.25, 0.3) is 0 Å². The largest absolute Gasteiger partial charge is 0.356 e. The van der Waals surface area contributed by atoms with Gasteiger partial charge in [0, 0.05) is 36.0 Å². The molecule has 5 nitrogen and oxygen atoms in total. The van der Waals surface area contributed by atoms with Crippen LogP contribution in [-0.4, -0.2) is 29.5 Å². The number of hydrogen-bond acceptors (Lipinski definition) is 5. The molecule has 0 spiro atoms. The van der Waals surface area contributed by atoms with Crippen LogP contribution >= 0.6 is 22.7 Å². The van der Waals surface area contributed by atoms with Gasteiger partial charge in [-0.25, -0.2) is 9.97 Å². The standard InChI is InChI=1S/C15H23N5S2/c1-10-9-21-14(19-10)6-5-7-17-15(16-4)18-8-13-11(2)20-12(3)22-13/h9H,5-8H2,1-4H3,(H2,16,17,18). The van der Waals surface area contributed by atoms with E-state index >= 15 is 0 Å². The van der Waals surface area contributed by atoms with Gasteiger partial charge in [0.2, 0.25) is 0 Å². The van der Waals surface area contributed by atoms with Crippen molar-refractivity contribution < 1.29 is 0 Å². The maximum Gasteiger partial charge on any atom is 0.191 e. The van der Waals surface area contributed by atoms with Gasteiger partial charge in [0.25, 0.3) is 0 Å². The van der Waals surface area contributed by atoms with Crippen LogP contribution < -0.4 is 10.6 Å². The second-order valence-corrected chi connectivity index (χ2v) is 7.31. The highest BCUT2D eigenvalue weighted by Gasteiger charge is 2.05. The summed E-state index contributed by atoms with van der Waals surface area (Å²) in [7, 11) is 1.80. The number of aliphatic imine (C=N–C) groups is 1. The average molecular weight is 338 g/mol. The van der Waals surface area contributed by atoms with Gasteiger partial charge in [0.1, 0.15) is 0 Å². The van der Waals surface area contributed by atoms with E-state index in [-0.39, 0.29) is 0 Å². The Morgan fingerprint density at radius 1 is 1.23 bits per heavy atom. The minimum absolute atomic E-state index is 0.767. The zero-order chi connectivity index (χ0) is 15.9. The fourth-order valence-corrected chi connectivity index (χ4v) is 3.78. The first-order chi connectivity index (χ1) is 10.6. The van der Waals surface area contributed by atoms with Crippen molar-refractivity contribution in [1.82, 2.24) is 20.6 Å². The second kappa shape index (κ2) is 8.24. The summed E-state index contributed by atoms with van der Waals surface area (Å²) in [4.78, 5) is 14.4. The molecule has 0 atom stereocenters. The molecule has 0 unspecified atom stereocenters. The molecule has 2 aromatic heterocycles. The van der Waals surface area contributed by atoms with Crippen LogP contribution in [0.4, 0.5) is 0 Å². The molecule has 0 radical (unpaired) electrons. The van der Waals surface area contributed by atoms with E-state index in [9.17, 15) is 0 Å². The molecule has 120 valence electrons. The molecule has 0 aliphatic rings. The number of thiazole rings is 2. The maximum absolute atomic E-state index is 4.47. The van der Waals surface area contributed by atoms with Crippen molar-refractivity contribution >= 4 is 28.6 Å². The Morgan fingerprint density at radius 2 is 2.05 bits per heavy atom. The Morgan fingerprint density at radius 3 is 2.64 bits per heavy atom. The molecule has 0 fully saturated rings. The van der Waals surface area contributed by atoms with E-state index in [1.807, 2.05) is 20.8 Å². The summed E-state index contributed by atoms with van der Waals surface area (Å²) in [5.74, 6) is 0.834. The summed E-state index contributed by atoms with van der Waals surface area (Å²) in [5, 5.41) is 11.1. The fourth-order valence-electron chi connectivity index (χ4n) is 2.09. The Balaban J connectivity index is 1.70. The monoisotopic (exact) mass is 337 g/mol. The van der Waals surface area contributed by atoms with Gasteiger partial charge < -0.3 is 10.6 Å². The summed E-state index contributed by atoms with van der Waals surface area (Å²) < 4.78 is 0. The average Bonchev–Trinajstić information content (AvgIpc) is 3.03. The third-order valence-corrected chi connectivity index (χ3v) is 5.27. The van der Waals surface area contributed by atoms with Gasteiger partial charge >= 0.3 is 0 Å². The summed E-state index contributed by atoms with van der Waals surface area (Å²) in [6.45, 7) is 7.77. The number of guanidine groups is 1. The molecule has 2 heterocycles. The molecule has 0 saturated heterocycles. The molecule has 2 rings (SSSR count). The lowest BCUT2D eigenvalue weighted by molar-refractivity contribution is 0.739. The van der Waals surface area contributed by atoms with Crippen molar-refractivity contribution in [2.24, 2.45) is 4.99 Å². The van der Waals surface area contributed by atoms with Crippen LogP contribution in [0, 0.1) is 20.8 Å². The van der Waals surface area contributed by atoms with Crippen LogP contribution in [0.1, 0.15) is 32.7 Å². The molecule has 22 heavy (non-hydrogen) atoms. The first kappa shape index (κ1) is 16.9. The van der Waals surface area contributed by atoms with E-state index in [4.69, 9.17) is 0 Å². The SMILES string of the molecule is CN=C(NCCCc1nc(C)cs1)NCc1sc(C)nc1C. The van der Waals surface area contributed by atoms with Crippen LogP contribution in [-0.2, 0) is 13.0 Å². The molecule has 7 heteroatoms. The smallest absolute Gasteiger partial charge is 0.191 e. The second-order valence-electron chi connectivity index (χ2n) is 5.08. The van der Waals surface area contributed by atoms with Gasteiger partial charge in [0.05, 0.1) is 22.3 Å². The lowest BCUT2D eigenvalue weighted by atomic mass is 10.3. The number of nitrogens with one attached hydrogen (secondary N) is 2. The molecule has 0 aromatic carbocycles. The quantitative estimate of drug-likeness (QED) is 0.483. The Bertz CT molecular complexity index is 630. The van der Waals surface area contributed by atoms with Gasteiger partial charge in [-0.2, -0.15) is 0 Å². The number of nitrogens with zero attached hydrogens (tertiary/aromatic N) is 3. The molecule has 0 aliphatic heterocycles. The summed E-state index contributed by atoms with van der Waals surface area (Å²) in [6, 6.07) is 0. The summed E-state index contributed by atoms with van der Waals surface area (Å²) in [5.41, 5.74) is 2.21. The zero-order valence-electron chi connectivity index (χ0n) is 13.6. The van der Waals surface area contributed by atoms with E-state index in [1.165, 1.54) is 9.88 Å². The minimum Gasteiger partial charge on any atom is -0.356 e. The Kier molecular flexibility index (Phi) is 6.33. The van der Waals surface area contributed by atoms with Crippen molar-refractivity contribution in [3.8, 4) is 0 Å². The van der Waals surface area contributed by atoms with E-state index in [1.54, 1.807) is 29.7 Å². The predicted molar refractivity (Wildman–Crippen MR) is 95.0 cm³/mol. The van der Waals surface area contributed by atoms with Gasteiger partial charge in [-0.15, -0.1) is 22.7 Å². The molecule has 0 aliphatic carbocycles. The van der Waals surface area contributed by atoms with Gasteiger partial charge in [-0.05, 0) is 27.2 Å². The van der Waals surface area contributed by atoms with Crippen molar-refractivity contribution in [1.29, 1.82) is 0 Å². The van der Waals surface area contributed by atoms with Crippen molar-refractivity contribution in [2.45, 2.75) is 40.2 Å². The Labute approximate surface area is 139 Å². The molecular formula is C15H23N5S2. The third-order valence-electron chi connectivity index (χ3n) is 3.17. The minimum atomic E-state index is 0.767. The molecule has 2 N–H and O–H groups in total. The first-order valence-electron chi connectivity index (χ1n) is 7.37. The molecule has 0 saturated carbocycles. The third kappa shape index (κ3) is 5.06. The maximum atomic E-state index is 4.47. The van der Waals surface area contributed by atoms with Crippen LogP contribution in [0.15, 0.2) is 10.4 Å².